The Kier molecular flexibility index (Phi) is 8.76. The summed E-state index contributed by atoms with van der Waals surface area (Å²) in [6.07, 6.45) is 0.604. The zero-order chi connectivity index (χ0) is 23.1. The molecule has 4 unspecified atom stereocenters. The van der Waals surface area contributed by atoms with Crippen molar-refractivity contribution in [2.24, 2.45) is 5.92 Å². The predicted octanol–water partition coefficient (Wildman–Crippen LogP) is 0.570. The third-order valence-corrected chi connectivity index (χ3v) is 4.91. The summed E-state index contributed by atoms with van der Waals surface area (Å²) in [5.74, 6) is -2.14. The standard InChI is InChI=1S/C22H28O9/c1-12-6-7-18(26)21(28)17(25)5-3-4-14-8-16(30-11-15(24)10-23)9-19(27)20(14)22(29)31-13(12)2/h3-4,6-9,12-13,15,17,21,23-25,27-28H,5,10-11H2,1-2H3/b4-3+,7-6-/t12-,13?,15?,17?,21?/m1/s1. The summed E-state index contributed by atoms with van der Waals surface area (Å²) in [5.41, 5.74) is 0.0801. The predicted molar refractivity (Wildman–Crippen MR) is 111 cm³/mol. The number of cyclic esters (lactones) is 1. The second kappa shape index (κ2) is 11.1. The van der Waals surface area contributed by atoms with Crippen LogP contribution in [-0.4, -0.2) is 74.9 Å². The van der Waals surface area contributed by atoms with Crippen LogP contribution in [0.3, 0.4) is 0 Å². The molecule has 1 aliphatic heterocycles. The molecule has 170 valence electrons. The van der Waals surface area contributed by atoms with Crippen LogP contribution in [0.15, 0.2) is 30.4 Å². The van der Waals surface area contributed by atoms with Crippen molar-refractivity contribution >= 4 is 17.8 Å². The van der Waals surface area contributed by atoms with Gasteiger partial charge in [0, 0.05) is 12.0 Å². The molecule has 9 heteroatoms. The lowest BCUT2D eigenvalue weighted by atomic mass is 9.99. The van der Waals surface area contributed by atoms with Gasteiger partial charge in [0.25, 0.3) is 0 Å². The molecule has 0 aliphatic carbocycles. The molecule has 0 spiro atoms. The van der Waals surface area contributed by atoms with Crippen molar-refractivity contribution in [3.05, 3.63) is 41.5 Å². The van der Waals surface area contributed by atoms with Crippen LogP contribution in [0, 0.1) is 5.92 Å². The van der Waals surface area contributed by atoms with E-state index in [-0.39, 0.29) is 35.8 Å². The number of hydrogen-bond acceptors (Lipinski definition) is 9. The van der Waals surface area contributed by atoms with E-state index in [1.54, 1.807) is 13.8 Å². The molecule has 0 amide bonds. The van der Waals surface area contributed by atoms with Crippen molar-refractivity contribution in [3.63, 3.8) is 0 Å². The van der Waals surface area contributed by atoms with Gasteiger partial charge in [-0.2, -0.15) is 0 Å². The fourth-order valence-corrected chi connectivity index (χ4v) is 2.79. The monoisotopic (exact) mass is 436 g/mol. The van der Waals surface area contributed by atoms with Crippen molar-refractivity contribution in [2.75, 3.05) is 13.2 Å². The van der Waals surface area contributed by atoms with Crippen molar-refractivity contribution < 1.29 is 44.6 Å². The number of fused-ring (bicyclic) bond motifs is 1. The van der Waals surface area contributed by atoms with E-state index in [0.717, 1.165) is 6.08 Å². The molecule has 5 N–H and O–H groups in total. The lowest BCUT2D eigenvalue weighted by Gasteiger charge is -2.20. The molecule has 1 aromatic rings. The Morgan fingerprint density at radius 1 is 1.19 bits per heavy atom. The number of aliphatic hydroxyl groups is 4. The van der Waals surface area contributed by atoms with Gasteiger partial charge in [0.15, 0.2) is 5.78 Å². The largest absolute Gasteiger partial charge is 0.507 e. The first-order valence-corrected chi connectivity index (χ1v) is 9.88. The number of benzene rings is 1. The molecule has 0 saturated heterocycles. The Bertz CT molecular complexity index is 846. The summed E-state index contributed by atoms with van der Waals surface area (Å²) >= 11 is 0. The van der Waals surface area contributed by atoms with E-state index in [1.807, 2.05) is 0 Å². The quantitative estimate of drug-likeness (QED) is 0.426. The maximum absolute atomic E-state index is 12.7. The van der Waals surface area contributed by atoms with Crippen LogP contribution in [0.1, 0.15) is 36.2 Å². The number of aromatic hydroxyl groups is 1. The molecule has 0 aromatic heterocycles. The first-order valence-electron chi connectivity index (χ1n) is 9.88. The Labute approximate surface area is 179 Å². The molecule has 31 heavy (non-hydrogen) atoms. The third-order valence-electron chi connectivity index (χ3n) is 4.91. The van der Waals surface area contributed by atoms with Gasteiger partial charge in [-0.3, -0.25) is 4.79 Å². The minimum absolute atomic E-state index is 0.101. The molecular formula is C22H28O9. The number of aliphatic hydroxyl groups excluding tert-OH is 4. The van der Waals surface area contributed by atoms with Gasteiger partial charge < -0.3 is 35.0 Å². The molecule has 1 aromatic carbocycles. The molecule has 1 heterocycles. The second-order valence-corrected chi connectivity index (χ2v) is 7.44. The molecule has 1 aliphatic rings. The number of phenols is 1. The van der Waals surface area contributed by atoms with Crippen molar-refractivity contribution in [2.45, 2.75) is 44.7 Å². The van der Waals surface area contributed by atoms with Crippen LogP contribution in [0.25, 0.3) is 6.08 Å². The molecule has 0 radical (unpaired) electrons. The number of ketones is 1. The number of phenolic OH excluding ortho intramolecular Hbond substituents is 1. The van der Waals surface area contributed by atoms with Gasteiger partial charge >= 0.3 is 5.97 Å². The van der Waals surface area contributed by atoms with E-state index >= 15 is 0 Å². The Hall–Kier alpha value is -2.72. The summed E-state index contributed by atoms with van der Waals surface area (Å²) in [6, 6.07) is 2.61. The molecule has 9 nitrogen and oxygen atoms in total. The van der Waals surface area contributed by atoms with Crippen molar-refractivity contribution in [1.29, 1.82) is 0 Å². The average molecular weight is 436 g/mol. The lowest BCUT2D eigenvalue weighted by Crippen LogP contribution is -2.32. The normalized spacial score (nSPS) is 28.1. The molecule has 0 saturated carbocycles. The fraction of sp³-hybridized carbons (Fsp3) is 0.455. The smallest absolute Gasteiger partial charge is 0.342 e. The number of carbonyl (C=O) groups is 2. The third kappa shape index (κ3) is 6.63. The highest BCUT2D eigenvalue weighted by Crippen LogP contribution is 2.31. The Morgan fingerprint density at radius 2 is 1.90 bits per heavy atom. The van der Waals surface area contributed by atoms with E-state index in [0.29, 0.717) is 0 Å². The maximum atomic E-state index is 12.7. The topological polar surface area (TPSA) is 154 Å². The summed E-state index contributed by atoms with van der Waals surface area (Å²) in [5, 5.41) is 48.9. The molecule has 5 atom stereocenters. The minimum Gasteiger partial charge on any atom is -0.507 e. The zero-order valence-electron chi connectivity index (χ0n) is 17.3. The summed E-state index contributed by atoms with van der Waals surface area (Å²) in [4.78, 5) is 24.8. The fourth-order valence-electron chi connectivity index (χ4n) is 2.79. The highest BCUT2D eigenvalue weighted by molar-refractivity contribution is 5.97. The van der Waals surface area contributed by atoms with Gasteiger partial charge in [-0.1, -0.05) is 25.2 Å². The number of rotatable bonds is 4. The molecular weight excluding hydrogens is 408 g/mol. The Balaban J connectivity index is 2.44. The van der Waals surface area contributed by atoms with E-state index < -0.39 is 48.5 Å². The van der Waals surface area contributed by atoms with E-state index in [4.69, 9.17) is 14.6 Å². The lowest BCUT2D eigenvalue weighted by molar-refractivity contribution is -0.127. The average Bonchev–Trinajstić information content (AvgIpc) is 2.73. The number of carbonyl (C=O) groups excluding carboxylic acids is 2. The highest BCUT2D eigenvalue weighted by atomic mass is 16.5. The van der Waals surface area contributed by atoms with Crippen LogP contribution < -0.4 is 4.74 Å². The van der Waals surface area contributed by atoms with Crippen LogP contribution >= 0.6 is 0 Å². The van der Waals surface area contributed by atoms with Gasteiger partial charge in [-0.25, -0.2) is 4.79 Å². The molecule has 0 bridgehead atoms. The summed E-state index contributed by atoms with van der Waals surface area (Å²) < 4.78 is 10.8. The highest BCUT2D eigenvalue weighted by Gasteiger charge is 2.25. The molecule has 0 fully saturated rings. The molecule has 2 rings (SSSR count). The summed E-state index contributed by atoms with van der Waals surface area (Å²) in [7, 11) is 0. The Morgan fingerprint density at radius 3 is 2.58 bits per heavy atom. The van der Waals surface area contributed by atoms with Gasteiger partial charge in [-0.15, -0.1) is 0 Å². The number of ether oxygens (including phenoxy) is 2. The van der Waals surface area contributed by atoms with Crippen LogP contribution in [0.4, 0.5) is 0 Å². The van der Waals surface area contributed by atoms with Crippen molar-refractivity contribution in [3.8, 4) is 11.5 Å². The van der Waals surface area contributed by atoms with E-state index in [1.165, 1.54) is 30.4 Å². The first-order chi connectivity index (χ1) is 14.6. The second-order valence-electron chi connectivity index (χ2n) is 7.44. The van der Waals surface area contributed by atoms with Crippen LogP contribution in [-0.2, 0) is 9.53 Å². The first kappa shape index (κ1) is 24.5. The van der Waals surface area contributed by atoms with Crippen LogP contribution in [0.5, 0.6) is 11.5 Å². The maximum Gasteiger partial charge on any atom is 0.342 e. The van der Waals surface area contributed by atoms with Gasteiger partial charge in [0.2, 0.25) is 0 Å². The SMILES string of the molecule is CC1OC(=O)c2c(O)cc(OCC(O)CO)cc2/C=C/CC(O)C(O)C(=O)/C=C\[C@H]1C. The number of esters is 1. The van der Waals surface area contributed by atoms with Gasteiger partial charge in [0.05, 0.1) is 12.7 Å². The zero-order valence-corrected chi connectivity index (χ0v) is 17.3. The minimum atomic E-state index is -1.61. The van der Waals surface area contributed by atoms with E-state index in [9.17, 15) is 30.0 Å². The van der Waals surface area contributed by atoms with Gasteiger partial charge in [-0.05, 0) is 31.1 Å². The number of hydrogen-bond donors (Lipinski definition) is 5. The van der Waals surface area contributed by atoms with E-state index in [2.05, 4.69) is 0 Å². The van der Waals surface area contributed by atoms with Crippen LogP contribution in [0.2, 0.25) is 0 Å². The van der Waals surface area contributed by atoms with Crippen molar-refractivity contribution in [1.82, 2.24) is 0 Å². The summed E-state index contributed by atoms with van der Waals surface area (Å²) in [6.45, 7) is 2.58. The van der Waals surface area contributed by atoms with Gasteiger partial charge in [0.1, 0.15) is 42.0 Å².